The van der Waals surface area contributed by atoms with Crippen molar-refractivity contribution >= 4 is 34.1 Å². The van der Waals surface area contributed by atoms with E-state index in [9.17, 15) is 5.26 Å². The Morgan fingerprint density at radius 2 is 0.818 bits per heavy atom. The molecule has 0 bridgehead atoms. The first-order valence-corrected chi connectivity index (χ1v) is 19.2. The van der Waals surface area contributed by atoms with Crippen LogP contribution in [0.4, 0.5) is 34.1 Å². The highest BCUT2D eigenvalue weighted by atomic mass is 15.1. The molecule has 0 unspecified atom stereocenters. The molecule has 0 fully saturated rings. The number of aryl methyl sites for hydroxylation is 3. The standard InChI is InChI=1S/C52H45N3/c1-33-18-22-39(23-19-33)54(37-14-10-8-11-15-37)41-28-34(2)47-43-26-27-44-48-35(3)29-42(31-46(48)52(6,7)50(44)49(43)51(4,5)45(47)30-41)55(38-16-12-9-13-17-38)40-24-20-36(32-53)21-25-40/h8-31H,1-7H3. The molecule has 268 valence electrons. The van der Waals surface area contributed by atoms with Gasteiger partial charge in [-0.25, -0.2) is 0 Å². The highest BCUT2D eigenvalue weighted by Crippen LogP contribution is 2.61. The average molecular weight is 712 g/mol. The Labute approximate surface area is 325 Å². The summed E-state index contributed by atoms with van der Waals surface area (Å²) in [4.78, 5) is 4.71. The molecule has 0 saturated heterocycles. The SMILES string of the molecule is Cc1ccc(N(c2ccccc2)c2cc(C)c3c(c2)C(C)(C)c2c-3ccc3c2C(C)(C)c2cc(N(c4ccccc4)c4ccc(C#N)cc4)cc(C)c2-3)cc1. The van der Waals surface area contributed by atoms with Crippen LogP contribution in [-0.2, 0) is 10.8 Å². The lowest BCUT2D eigenvalue weighted by Gasteiger charge is -2.32. The number of hydrogen-bond acceptors (Lipinski definition) is 3. The highest BCUT2D eigenvalue weighted by molar-refractivity contribution is 5.95. The third-order valence-corrected chi connectivity index (χ3v) is 12.1. The molecule has 0 heterocycles. The summed E-state index contributed by atoms with van der Waals surface area (Å²) in [5.74, 6) is 0. The van der Waals surface area contributed by atoms with Gasteiger partial charge in [0.15, 0.2) is 0 Å². The average Bonchev–Trinajstić information content (AvgIpc) is 3.56. The summed E-state index contributed by atoms with van der Waals surface area (Å²) in [6, 6.07) is 54.7. The van der Waals surface area contributed by atoms with Crippen molar-refractivity contribution in [1.82, 2.24) is 0 Å². The zero-order chi connectivity index (χ0) is 38.2. The van der Waals surface area contributed by atoms with Crippen molar-refractivity contribution in [2.24, 2.45) is 0 Å². The number of fused-ring (bicyclic) bond motifs is 7. The largest absolute Gasteiger partial charge is 0.310 e. The molecule has 0 aliphatic heterocycles. The molecular weight excluding hydrogens is 667 g/mol. The first-order valence-electron chi connectivity index (χ1n) is 19.2. The monoisotopic (exact) mass is 711 g/mol. The number of para-hydroxylation sites is 2. The summed E-state index contributed by atoms with van der Waals surface area (Å²) in [6.45, 7) is 16.4. The van der Waals surface area contributed by atoms with Crippen molar-refractivity contribution < 1.29 is 0 Å². The molecule has 0 atom stereocenters. The minimum atomic E-state index is -0.252. The van der Waals surface area contributed by atoms with Crippen LogP contribution in [0.15, 0.2) is 146 Å². The molecule has 3 nitrogen and oxygen atoms in total. The lowest BCUT2D eigenvalue weighted by atomic mass is 9.72. The maximum Gasteiger partial charge on any atom is 0.0991 e. The molecule has 0 N–H and O–H groups in total. The summed E-state index contributed by atoms with van der Waals surface area (Å²) in [7, 11) is 0. The van der Waals surface area contributed by atoms with E-state index in [4.69, 9.17) is 0 Å². The topological polar surface area (TPSA) is 30.3 Å². The van der Waals surface area contributed by atoms with E-state index in [-0.39, 0.29) is 10.8 Å². The molecule has 2 aliphatic rings. The van der Waals surface area contributed by atoms with E-state index < -0.39 is 0 Å². The maximum absolute atomic E-state index is 9.54. The van der Waals surface area contributed by atoms with Gasteiger partial charge in [0.1, 0.15) is 0 Å². The number of rotatable bonds is 6. The van der Waals surface area contributed by atoms with E-state index in [1.807, 2.05) is 12.1 Å². The van der Waals surface area contributed by atoms with Crippen LogP contribution in [-0.4, -0.2) is 0 Å². The lowest BCUT2D eigenvalue weighted by molar-refractivity contribution is 0.601. The van der Waals surface area contributed by atoms with E-state index in [2.05, 4.69) is 198 Å². The van der Waals surface area contributed by atoms with Crippen LogP contribution < -0.4 is 9.80 Å². The molecule has 7 aromatic rings. The van der Waals surface area contributed by atoms with Gasteiger partial charge in [-0.1, -0.05) is 93.9 Å². The quantitative estimate of drug-likeness (QED) is 0.172. The molecule has 0 radical (unpaired) electrons. The molecule has 0 amide bonds. The van der Waals surface area contributed by atoms with Crippen LogP contribution in [0.3, 0.4) is 0 Å². The smallest absolute Gasteiger partial charge is 0.0991 e. The van der Waals surface area contributed by atoms with Crippen LogP contribution in [0.5, 0.6) is 0 Å². The van der Waals surface area contributed by atoms with E-state index in [1.54, 1.807) is 0 Å². The van der Waals surface area contributed by atoms with Crippen molar-refractivity contribution in [2.45, 2.75) is 59.3 Å². The van der Waals surface area contributed by atoms with Crippen molar-refractivity contribution in [3.63, 3.8) is 0 Å². The molecule has 55 heavy (non-hydrogen) atoms. The molecule has 3 heteroatoms. The molecule has 0 aromatic heterocycles. The second kappa shape index (κ2) is 12.6. The Bertz CT molecular complexity index is 2660. The van der Waals surface area contributed by atoms with Gasteiger partial charge >= 0.3 is 0 Å². The van der Waals surface area contributed by atoms with Crippen LogP contribution in [0.1, 0.15) is 72.2 Å². The van der Waals surface area contributed by atoms with E-state index >= 15 is 0 Å². The van der Waals surface area contributed by atoms with Crippen molar-refractivity contribution in [1.29, 1.82) is 5.26 Å². The van der Waals surface area contributed by atoms with Gasteiger partial charge in [0.25, 0.3) is 0 Å². The minimum absolute atomic E-state index is 0.235. The Kier molecular flexibility index (Phi) is 7.89. The van der Waals surface area contributed by atoms with Crippen molar-refractivity contribution in [2.75, 3.05) is 9.80 Å². The van der Waals surface area contributed by atoms with Crippen LogP contribution in [0.2, 0.25) is 0 Å². The number of nitrogens with zero attached hydrogens (tertiary/aromatic N) is 3. The Balaban J connectivity index is 1.19. The second-order valence-electron chi connectivity index (χ2n) is 16.4. The maximum atomic E-state index is 9.54. The van der Waals surface area contributed by atoms with Gasteiger partial charge in [-0.05, 0) is 161 Å². The third-order valence-electron chi connectivity index (χ3n) is 12.1. The van der Waals surface area contributed by atoms with Gasteiger partial charge in [0, 0.05) is 45.0 Å². The predicted octanol–water partition coefficient (Wildman–Crippen LogP) is 14.0. The molecule has 2 aliphatic carbocycles. The lowest BCUT2D eigenvalue weighted by Crippen LogP contribution is -2.24. The first-order chi connectivity index (χ1) is 26.5. The van der Waals surface area contributed by atoms with Gasteiger partial charge in [-0.2, -0.15) is 5.26 Å². The molecule has 9 rings (SSSR count). The Morgan fingerprint density at radius 3 is 1.22 bits per heavy atom. The van der Waals surface area contributed by atoms with E-state index in [0.717, 1.165) is 28.4 Å². The summed E-state index contributed by atoms with van der Waals surface area (Å²) < 4.78 is 0. The van der Waals surface area contributed by atoms with Crippen LogP contribution >= 0.6 is 0 Å². The van der Waals surface area contributed by atoms with E-state index in [0.29, 0.717) is 5.56 Å². The van der Waals surface area contributed by atoms with Gasteiger partial charge in [0.2, 0.25) is 0 Å². The minimum Gasteiger partial charge on any atom is -0.310 e. The van der Waals surface area contributed by atoms with E-state index in [1.165, 1.54) is 66.9 Å². The molecule has 0 spiro atoms. The van der Waals surface area contributed by atoms with Crippen molar-refractivity contribution in [3.8, 4) is 28.3 Å². The van der Waals surface area contributed by atoms with Gasteiger partial charge in [-0.15, -0.1) is 0 Å². The highest BCUT2D eigenvalue weighted by Gasteiger charge is 2.47. The number of benzene rings is 7. The Morgan fingerprint density at radius 1 is 0.436 bits per heavy atom. The number of nitriles is 1. The zero-order valence-corrected chi connectivity index (χ0v) is 32.7. The molecule has 7 aromatic carbocycles. The summed E-state index contributed by atoms with van der Waals surface area (Å²) in [5.41, 5.74) is 21.7. The summed E-state index contributed by atoms with van der Waals surface area (Å²) in [6.07, 6.45) is 0. The van der Waals surface area contributed by atoms with Crippen molar-refractivity contribution in [3.05, 3.63) is 190 Å². The third kappa shape index (κ3) is 5.31. The number of anilines is 6. The summed E-state index contributed by atoms with van der Waals surface area (Å²) >= 11 is 0. The fourth-order valence-electron chi connectivity index (χ4n) is 9.51. The van der Waals surface area contributed by atoms with Crippen LogP contribution in [0, 0.1) is 32.1 Å². The predicted molar refractivity (Wildman–Crippen MR) is 230 cm³/mol. The first kappa shape index (κ1) is 34.4. The zero-order valence-electron chi connectivity index (χ0n) is 32.7. The Hall–Kier alpha value is -6.37. The fourth-order valence-corrected chi connectivity index (χ4v) is 9.51. The van der Waals surface area contributed by atoms with Gasteiger partial charge in [-0.3, -0.25) is 0 Å². The molecule has 0 saturated carbocycles. The van der Waals surface area contributed by atoms with Crippen LogP contribution in [0.25, 0.3) is 22.3 Å². The van der Waals surface area contributed by atoms with Gasteiger partial charge < -0.3 is 9.80 Å². The number of hydrogen-bond donors (Lipinski definition) is 0. The van der Waals surface area contributed by atoms with Gasteiger partial charge in [0.05, 0.1) is 11.6 Å². The normalized spacial score (nSPS) is 14.0. The second-order valence-corrected chi connectivity index (χ2v) is 16.4. The fraction of sp³-hybridized carbons (Fsp3) is 0.173. The summed E-state index contributed by atoms with van der Waals surface area (Å²) in [5, 5.41) is 9.54. The molecular formula is C52H45N3.